The van der Waals surface area contributed by atoms with Gasteiger partial charge in [-0.1, -0.05) is 25.3 Å². The van der Waals surface area contributed by atoms with Gasteiger partial charge >= 0.3 is 0 Å². The van der Waals surface area contributed by atoms with Gasteiger partial charge in [-0.3, -0.25) is 4.90 Å². The second-order valence-electron chi connectivity index (χ2n) is 7.42. The average molecular weight is 355 g/mol. The van der Waals surface area contributed by atoms with E-state index in [1.165, 1.54) is 49.4 Å². The highest BCUT2D eigenvalue weighted by molar-refractivity contribution is 5.35. The Morgan fingerprint density at radius 1 is 1.23 bits per heavy atom. The summed E-state index contributed by atoms with van der Waals surface area (Å²) in [5, 5.41) is 0. The van der Waals surface area contributed by atoms with E-state index < -0.39 is 0 Å². The van der Waals surface area contributed by atoms with Crippen molar-refractivity contribution in [2.45, 2.75) is 57.5 Å². The molecule has 1 saturated carbocycles. The maximum Gasteiger partial charge on any atom is 0.131 e. The zero-order chi connectivity index (χ0) is 17.9. The number of halogens is 1. The molecule has 1 aromatic carbocycles. The van der Waals surface area contributed by atoms with Gasteiger partial charge in [-0.05, 0) is 25.0 Å². The van der Waals surface area contributed by atoms with E-state index in [1.807, 2.05) is 12.3 Å². The number of benzene rings is 1. The quantitative estimate of drug-likeness (QED) is 0.823. The molecule has 0 saturated heterocycles. The Bertz CT molecular complexity index is 774. The van der Waals surface area contributed by atoms with Gasteiger partial charge < -0.3 is 4.74 Å². The van der Waals surface area contributed by atoms with Crippen LogP contribution in [0.3, 0.4) is 0 Å². The van der Waals surface area contributed by atoms with Crippen molar-refractivity contribution >= 4 is 0 Å². The van der Waals surface area contributed by atoms with Crippen molar-refractivity contribution in [1.29, 1.82) is 0 Å². The van der Waals surface area contributed by atoms with Crippen LogP contribution in [0.4, 0.5) is 4.39 Å². The molecule has 0 atom stereocenters. The Morgan fingerprint density at radius 2 is 2.08 bits per heavy atom. The summed E-state index contributed by atoms with van der Waals surface area (Å²) in [5.41, 5.74) is 2.97. The first kappa shape index (κ1) is 17.4. The molecule has 0 N–H and O–H groups in total. The van der Waals surface area contributed by atoms with Crippen molar-refractivity contribution in [2.75, 3.05) is 13.7 Å². The lowest BCUT2D eigenvalue weighted by Crippen LogP contribution is -2.31. The summed E-state index contributed by atoms with van der Waals surface area (Å²) < 4.78 is 19.5. The lowest BCUT2D eigenvalue weighted by molar-refractivity contribution is 0.235. The van der Waals surface area contributed by atoms with Crippen LogP contribution in [-0.2, 0) is 19.5 Å². The molecule has 26 heavy (non-hydrogen) atoms. The van der Waals surface area contributed by atoms with Gasteiger partial charge in [0, 0.05) is 55.0 Å². The van der Waals surface area contributed by atoms with Gasteiger partial charge in [-0.15, -0.1) is 0 Å². The van der Waals surface area contributed by atoms with Crippen molar-refractivity contribution in [1.82, 2.24) is 14.9 Å². The smallest absolute Gasteiger partial charge is 0.131 e. The molecular weight excluding hydrogens is 329 g/mol. The molecule has 0 bridgehead atoms. The predicted octanol–water partition coefficient (Wildman–Crippen LogP) is 4.23. The minimum atomic E-state index is -0.209. The lowest BCUT2D eigenvalue weighted by Gasteiger charge is -2.29. The number of hydrogen-bond donors (Lipinski definition) is 0. The van der Waals surface area contributed by atoms with E-state index in [1.54, 1.807) is 13.2 Å². The number of aromatic nitrogens is 2. The molecule has 138 valence electrons. The fraction of sp³-hybridized carbons (Fsp3) is 0.524. The van der Waals surface area contributed by atoms with Crippen molar-refractivity contribution in [2.24, 2.45) is 0 Å². The fourth-order valence-electron chi connectivity index (χ4n) is 4.19. The SMILES string of the molecule is COc1cccc(F)c1CN1CCc2nc(C3CCCCC3)ncc2C1. The molecule has 5 heteroatoms. The molecule has 1 aliphatic heterocycles. The Hall–Kier alpha value is -2.01. The molecular formula is C21H26FN3O. The van der Waals surface area contributed by atoms with E-state index >= 15 is 0 Å². The molecule has 0 unspecified atom stereocenters. The average Bonchev–Trinajstić information content (AvgIpc) is 2.69. The van der Waals surface area contributed by atoms with E-state index in [0.717, 1.165) is 25.3 Å². The van der Waals surface area contributed by atoms with Crippen molar-refractivity contribution in [3.63, 3.8) is 0 Å². The van der Waals surface area contributed by atoms with Crippen molar-refractivity contribution in [3.05, 3.63) is 52.9 Å². The molecule has 2 heterocycles. The van der Waals surface area contributed by atoms with Crippen LogP contribution in [-0.4, -0.2) is 28.5 Å². The van der Waals surface area contributed by atoms with Crippen LogP contribution in [0.1, 0.15) is 60.7 Å². The number of nitrogens with zero attached hydrogens (tertiary/aromatic N) is 3. The molecule has 1 fully saturated rings. The highest BCUT2D eigenvalue weighted by atomic mass is 19.1. The normalized spacial score (nSPS) is 18.5. The maximum absolute atomic E-state index is 14.2. The molecule has 1 aliphatic carbocycles. The topological polar surface area (TPSA) is 38.2 Å². The maximum atomic E-state index is 14.2. The van der Waals surface area contributed by atoms with Gasteiger partial charge in [0.15, 0.2) is 0 Å². The van der Waals surface area contributed by atoms with Gasteiger partial charge in [0.2, 0.25) is 0 Å². The molecule has 0 amide bonds. The number of methoxy groups -OCH3 is 1. The third-order valence-electron chi connectivity index (χ3n) is 5.68. The van der Waals surface area contributed by atoms with Gasteiger partial charge in [0.05, 0.1) is 7.11 Å². The first-order valence-electron chi connectivity index (χ1n) is 9.63. The predicted molar refractivity (Wildman–Crippen MR) is 98.6 cm³/mol. The van der Waals surface area contributed by atoms with E-state index in [-0.39, 0.29) is 5.82 Å². The summed E-state index contributed by atoms with van der Waals surface area (Å²) in [6, 6.07) is 5.00. The zero-order valence-electron chi connectivity index (χ0n) is 15.4. The molecule has 4 nitrogen and oxygen atoms in total. The van der Waals surface area contributed by atoms with E-state index in [0.29, 0.717) is 23.8 Å². The minimum absolute atomic E-state index is 0.209. The van der Waals surface area contributed by atoms with E-state index in [9.17, 15) is 4.39 Å². The number of ether oxygens (including phenoxy) is 1. The highest BCUT2D eigenvalue weighted by Crippen LogP contribution is 2.32. The van der Waals surface area contributed by atoms with Gasteiger partial charge in [-0.25, -0.2) is 14.4 Å². The molecule has 4 rings (SSSR count). The first-order chi connectivity index (χ1) is 12.7. The summed E-state index contributed by atoms with van der Waals surface area (Å²) in [4.78, 5) is 11.8. The number of rotatable bonds is 4. The molecule has 0 spiro atoms. The summed E-state index contributed by atoms with van der Waals surface area (Å²) in [6.45, 7) is 2.18. The Labute approximate surface area is 154 Å². The van der Waals surface area contributed by atoms with Gasteiger partial charge in [0.25, 0.3) is 0 Å². The van der Waals surface area contributed by atoms with Gasteiger partial charge in [-0.2, -0.15) is 0 Å². The van der Waals surface area contributed by atoms with Crippen LogP contribution in [0.5, 0.6) is 5.75 Å². The Kier molecular flexibility index (Phi) is 5.16. The van der Waals surface area contributed by atoms with Crippen LogP contribution in [0.25, 0.3) is 0 Å². The highest BCUT2D eigenvalue weighted by Gasteiger charge is 2.23. The van der Waals surface area contributed by atoms with Crippen LogP contribution < -0.4 is 4.74 Å². The fourth-order valence-corrected chi connectivity index (χ4v) is 4.19. The number of fused-ring (bicyclic) bond motifs is 1. The third kappa shape index (κ3) is 3.58. The zero-order valence-corrected chi connectivity index (χ0v) is 15.4. The standard InChI is InChI=1S/C21H26FN3O/c1-26-20-9-5-8-18(22)17(20)14-25-11-10-19-16(13-25)12-23-21(24-19)15-6-3-2-4-7-15/h5,8-9,12,15H,2-4,6-7,10-11,13-14H2,1H3. The van der Waals surface area contributed by atoms with Gasteiger partial charge in [0.1, 0.15) is 17.4 Å². The number of hydrogen-bond acceptors (Lipinski definition) is 4. The van der Waals surface area contributed by atoms with Crippen LogP contribution in [0.15, 0.2) is 24.4 Å². The summed E-state index contributed by atoms with van der Waals surface area (Å²) in [5.74, 6) is 1.97. The summed E-state index contributed by atoms with van der Waals surface area (Å²) in [6.07, 6.45) is 9.27. The van der Waals surface area contributed by atoms with E-state index in [4.69, 9.17) is 9.72 Å². The third-order valence-corrected chi connectivity index (χ3v) is 5.68. The largest absolute Gasteiger partial charge is 0.496 e. The second kappa shape index (κ2) is 7.70. The molecule has 1 aromatic heterocycles. The first-order valence-corrected chi connectivity index (χ1v) is 9.63. The second-order valence-corrected chi connectivity index (χ2v) is 7.42. The summed E-state index contributed by atoms with van der Waals surface area (Å²) in [7, 11) is 1.59. The van der Waals surface area contributed by atoms with Crippen molar-refractivity contribution < 1.29 is 9.13 Å². The van der Waals surface area contributed by atoms with Crippen LogP contribution in [0.2, 0.25) is 0 Å². The van der Waals surface area contributed by atoms with Crippen molar-refractivity contribution in [3.8, 4) is 5.75 Å². The Morgan fingerprint density at radius 3 is 2.88 bits per heavy atom. The van der Waals surface area contributed by atoms with Crippen LogP contribution >= 0.6 is 0 Å². The Balaban J connectivity index is 1.48. The van der Waals surface area contributed by atoms with Crippen LogP contribution in [0, 0.1) is 5.82 Å². The molecule has 2 aromatic rings. The molecule has 2 aliphatic rings. The minimum Gasteiger partial charge on any atom is -0.496 e. The monoisotopic (exact) mass is 355 g/mol. The molecule has 0 radical (unpaired) electrons. The van der Waals surface area contributed by atoms with E-state index in [2.05, 4.69) is 9.88 Å². The lowest BCUT2D eigenvalue weighted by atomic mass is 9.88. The summed E-state index contributed by atoms with van der Waals surface area (Å²) >= 11 is 0.